The number of amides is 1. The summed E-state index contributed by atoms with van der Waals surface area (Å²) in [4.78, 5) is 35.7. The van der Waals surface area contributed by atoms with E-state index >= 15 is 0 Å². The molecule has 1 aromatic carbocycles. The molecule has 7 nitrogen and oxygen atoms in total. The first-order valence-corrected chi connectivity index (χ1v) is 9.54. The fraction of sp³-hybridized carbons (Fsp3) is 0.273. The number of rotatable bonds is 4. The minimum Gasteiger partial charge on any atom is -0.378 e. The summed E-state index contributed by atoms with van der Waals surface area (Å²) < 4.78 is 5.36. The Balaban J connectivity index is 0.00000256. The number of Topliss-reactive ketones (excluding diaryl/α,β-unsaturated/α-hetero) is 1. The molecule has 1 amide bonds. The van der Waals surface area contributed by atoms with E-state index in [1.165, 1.54) is 6.92 Å². The number of hydrogen-bond acceptors (Lipinski definition) is 6. The van der Waals surface area contributed by atoms with Crippen LogP contribution in [0.5, 0.6) is 0 Å². The Hall–Kier alpha value is -3.03. The van der Waals surface area contributed by atoms with E-state index in [1.54, 1.807) is 23.2 Å². The normalized spacial score (nSPS) is 13.6. The Morgan fingerprint density at radius 2 is 1.90 bits per heavy atom. The van der Waals surface area contributed by atoms with E-state index in [-0.39, 0.29) is 24.1 Å². The van der Waals surface area contributed by atoms with Crippen molar-refractivity contribution in [1.82, 2.24) is 14.9 Å². The molecule has 0 radical (unpaired) electrons. The summed E-state index contributed by atoms with van der Waals surface area (Å²) in [5.74, 6) is -0.122. The number of nitrogens with one attached hydrogen (secondary N) is 1. The van der Waals surface area contributed by atoms with Gasteiger partial charge in [0.05, 0.1) is 24.5 Å². The Morgan fingerprint density at radius 1 is 1.13 bits per heavy atom. The molecule has 4 rings (SSSR count). The number of hydrogen-bond donors (Lipinski definition) is 1. The molecule has 0 atom stereocenters. The number of ether oxygens (including phenoxy) is 1. The molecule has 0 aliphatic carbocycles. The summed E-state index contributed by atoms with van der Waals surface area (Å²) in [5.41, 5.74) is 3.85. The first kappa shape index (κ1) is 21.7. The van der Waals surface area contributed by atoms with Crippen LogP contribution in [0.15, 0.2) is 42.6 Å². The van der Waals surface area contributed by atoms with Crippen molar-refractivity contribution in [2.45, 2.75) is 13.8 Å². The van der Waals surface area contributed by atoms with E-state index in [9.17, 15) is 9.59 Å². The summed E-state index contributed by atoms with van der Waals surface area (Å²) in [6, 6.07) is 11.0. The van der Waals surface area contributed by atoms with E-state index in [1.807, 2.05) is 31.2 Å². The van der Waals surface area contributed by atoms with Crippen molar-refractivity contribution in [2.75, 3.05) is 31.6 Å². The third kappa shape index (κ3) is 4.42. The van der Waals surface area contributed by atoms with Gasteiger partial charge in [0.1, 0.15) is 0 Å². The molecule has 2 aromatic heterocycles. The lowest BCUT2D eigenvalue weighted by Crippen LogP contribution is -2.41. The van der Waals surface area contributed by atoms with Crippen LogP contribution in [0.3, 0.4) is 0 Å². The van der Waals surface area contributed by atoms with Crippen LogP contribution in [-0.4, -0.2) is 52.9 Å². The molecule has 1 aliphatic rings. The van der Waals surface area contributed by atoms with Crippen LogP contribution in [0.25, 0.3) is 11.0 Å². The Labute approximate surface area is 180 Å². The zero-order valence-corrected chi connectivity index (χ0v) is 17.7. The number of ketones is 1. The fourth-order valence-corrected chi connectivity index (χ4v) is 3.37. The third-order valence-corrected chi connectivity index (χ3v) is 4.94. The van der Waals surface area contributed by atoms with Gasteiger partial charge >= 0.3 is 0 Å². The summed E-state index contributed by atoms with van der Waals surface area (Å²) in [6.07, 6.45) is 1.57. The summed E-state index contributed by atoms with van der Waals surface area (Å²) >= 11 is 0. The molecule has 30 heavy (non-hydrogen) atoms. The van der Waals surface area contributed by atoms with Gasteiger partial charge in [0, 0.05) is 41.6 Å². The number of benzene rings is 1. The fourth-order valence-electron chi connectivity index (χ4n) is 3.37. The molecule has 3 heterocycles. The molecule has 3 aromatic rings. The lowest BCUT2D eigenvalue weighted by Gasteiger charge is -2.27. The van der Waals surface area contributed by atoms with Crippen molar-refractivity contribution in [3.05, 3.63) is 59.4 Å². The molecule has 0 bridgehead atoms. The summed E-state index contributed by atoms with van der Waals surface area (Å²) in [7, 11) is 0. The summed E-state index contributed by atoms with van der Waals surface area (Å²) in [5, 5.41) is 4.09. The standard InChI is InChI=1S/C22H22N4O3.ClH/c1-14-6-7-18-20(25-17-5-3-4-16(12-17)15(2)27)19(13-23-21(18)24-14)22(28)26-8-10-29-11-9-26;/h3-7,12-13H,8-11H2,1-2H3,(H,23,24,25);1H. The Kier molecular flexibility index (Phi) is 6.64. The smallest absolute Gasteiger partial charge is 0.257 e. The highest BCUT2D eigenvalue weighted by Gasteiger charge is 2.23. The second-order valence-corrected chi connectivity index (χ2v) is 7.04. The average molecular weight is 427 g/mol. The lowest BCUT2D eigenvalue weighted by molar-refractivity contribution is 0.0303. The topological polar surface area (TPSA) is 84.4 Å². The number of carbonyl (C=O) groups is 2. The molecular weight excluding hydrogens is 404 g/mol. The van der Waals surface area contributed by atoms with E-state index in [0.29, 0.717) is 48.8 Å². The van der Waals surface area contributed by atoms with Gasteiger partial charge < -0.3 is 15.0 Å². The van der Waals surface area contributed by atoms with Crippen molar-refractivity contribution < 1.29 is 14.3 Å². The molecule has 0 spiro atoms. The van der Waals surface area contributed by atoms with Gasteiger partial charge in [0.15, 0.2) is 11.4 Å². The average Bonchev–Trinajstić information content (AvgIpc) is 2.74. The quantitative estimate of drug-likeness (QED) is 0.639. The van der Waals surface area contributed by atoms with Gasteiger partial charge in [-0.1, -0.05) is 12.1 Å². The molecule has 0 unspecified atom stereocenters. The monoisotopic (exact) mass is 426 g/mol. The second kappa shape index (κ2) is 9.19. The third-order valence-electron chi connectivity index (χ3n) is 4.94. The number of nitrogens with zero attached hydrogens (tertiary/aromatic N) is 3. The number of pyridine rings is 2. The van der Waals surface area contributed by atoms with E-state index in [4.69, 9.17) is 4.74 Å². The largest absolute Gasteiger partial charge is 0.378 e. The number of carbonyl (C=O) groups excluding carboxylic acids is 2. The van der Waals surface area contributed by atoms with Crippen LogP contribution in [0.1, 0.15) is 33.3 Å². The molecule has 0 saturated carbocycles. The van der Waals surface area contributed by atoms with Gasteiger partial charge in [-0.05, 0) is 38.1 Å². The van der Waals surface area contributed by atoms with Gasteiger partial charge in [-0.2, -0.15) is 0 Å². The predicted molar refractivity (Wildman–Crippen MR) is 118 cm³/mol. The van der Waals surface area contributed by atoms with Crippen molar-refractivity contribution in [3.63, 3.8) is 0 Å². The maximum Gasteiger partial charge on any atom is 0.257 e. The number of halogens is 1. The lowest BCUT2D eigenvalue weighted by atomic mass is 10.1. The van der Waals surface area contributed by atoms with Crippen LogP contribution < -0.4 is 5.32 Å². The van der Waals surface area contributed by atoms with Crippen LogP contribution in [-0.2, 0) is 4.74 Å². The molecule has 8 heteroatoms. The van der Waals surface area contributed by atoms with Gasteiger partial charge in [0.2, 0.25) is 0 Å². The summed E-state index contributed by atoms with van der Waals surface area (Å²) in [6.45, 7) is 5.57. The first-order valence-electron chi connectivity index (χ1n) is 9.54. The number of morpholine rings is 1. The maximum atomic E-state index is 13.2. The van der Waals surface area contributed by atoms with E-state index in [2.05, 4.69) is 15.3 Å². The molecule has 1 fully saturated rings. The minimum absolute atomic E-state index is 0. The highest BCUT2D eigenvalue weighted by molar-refractivity contribution is 6.07. The Bertz CT molecular complexity index is 1100. The number of fused-ring (bicyclic) bond motifs is 1. The first-order chi connectivity index (χ1) is 14.0. The van der Waals surface area contributed by atoms with Crippen LogP contribution in [0, 0.1) is 6.92 Å². The van der Waals surface area contributed by atoms with Crippen LogP contribution >= 0.6 is 12.4 Å². The number of aryl methyl sites for hydroxylation is 1. The van der Waals surface area contributed by atoms with Crippen LogP contribution in [0.2, 0.25) is 0 Å². The minimum atomic E-state index is -0.103. The highest BCUT2D eigenvalue weighted by Crippen LogP contribution is 2.30. The van der Waals surface area contributed by atoms with Crippen molar-refractivity contribution >= 4 is 46.5 Å². The molecular formula is C22H23ClN4O3. The zero-order chi connectivity index (χ0) is 20.4. The highest BCUT2D eigenvalue weighted by atomic mass is 35.5. The molecule has 1 N–H and O–H groups in total. The van der Waals surface area contributed by atoms with Crippen molar-refractivity contribution in [1.29, 1.82) is 0 Å². The maximum absolute atomic E-state index is 13.2. The van der Waals surface area contributed by atoms with Crippen molar-refractivity contribution in [3.8, 4) is 0 Å². The number of anilines is 2. The van der Waals surface area contributed by atoms with Gasteiger partial charge in [0.25, 0.3) is 5.91 Å². The SMILES string of the molecule is CC(=O)c1cccc(Nc2c(C(=O)N3CCOCC3)cnc3nc(C)ccc23)c1.Cl. The van der Waals surface area contributed by atoms with Crippen molar-refractivity contribution in [2.24, 2.45) is 0 Å². The molecule has 1 saturated heterocycles. The van der Waals surface area contributed by atoms with Gasteiger partial charge in [-0.15, -0.1) is 12.4 Å². The second-order valence-electron chi connectivity index (χ2n) is 7.04. The van der Waals surface area contributed by atoms with E-state index < -0.39 is 0 Å². The number of aromatic nitrogens is 2. The molecule has 1 aliphatic heterocycles. The van der Waals surface area contributed by atoms with Gasteiger partial charge in [-0.3, -0.25) is 9.59 Å². The van der Waals surface area contributed by atoms with E-state index in [0.717, 1.165) is 16.8 Å². The predicted octanol–water partition coefficient (Wildman–Crippen LogP) is 3.78. The van der Waals surface area contributed by atoms with Crippen LogP contribution in [0.4, 0.5) is 11.4 Å². The Morgan fingerprint density at radius 3 is 2.63 bits per heavy atom. The zero-order valence-electron chi connectivity index (χ0n) is 16.8. The van der Waals surface area contributed by atoms with Gasteiger partial charge in [-0.25, -0.2) is 9.97 Å². The molecule has 156 valence electrons.